The van der Waals surface area contributed by atoms with Gasteiger partial charge in [-0.3, -0.25) is 0 Å². The molecule has 1 N–H and O–H groups in total. The normalized spacial score (nSPS) is 11.1. The van der Waals surface area contributed by atoms with Gasteiger partial charge in [-0.25, -0.2) is 0 Å². The zero-order valence-corrected chi connectivity index (χ0v) is 11.1. The van der Waals surface area contributed by atoms with Crippen LogP contribution in [0.4, 0.5) is 0 Å². The van der Waals surface area contributed by atoms with Crippen molar-refractivity contribution in [2.24, 2.45) is 0 Å². The van der Waals surface area contributed by atoms with Gasteiger partial charge in [-0.1, -0.05) is 44.1 Å². The Balaban J connectivity index is 4.56. The molecule has 0 unspecified atom stereocenters. The third kappa shape index (κ3) is 6.43. The van der Waals surface area contributed by atoms with Gasteiger partial charge in [0.05, 0.1) is 0 Å². The Morgan fingerprint density at radius 1 is 1.20 bits per heavy atom. The molecule has 0 rings (SSSR count). The highest BCUT2D eigenvalue weighted by Gasteiger charge is 2.00. The molecule has 0 heterocycles. The first kappa shape index (κ1) is 14.3. The molecule has 0 spiro atoms. The first-order valence-corrected chi connectivity index (χ1v) is 6.20. The van der Waals surface area contributed by atoms with E-state index < -0.39 is 0 Å². The monoisotopic (exact) mass is 207 g/mol. The molecule has 86 valence electrons. The first-order chi connectivity index (χ1) is 7.15. The van der Waals surface area contributed by atoms with Gasteiger partial charge in [-0.15, -0.1) is 0 Å². The second-order valence-corrected chi connectivity index (χ2v) is 4.30. The minimum absolute atomic E-state index is 1.15. The Bertz CT molecular complexity index is 225. The van der Waals surface area contributed by atoms with Crippen LogP contribution in [0.5, 0.6) is 0 Å². The first-order valence-electron chi connectivity index (χ1n) is 6.20. The Labute approximate surface area is 96.3 Å². The highest BCUT2D eigenvalue weighted by Crippen LogP contribution is 2.11. The average molecular weight is 207 g/mol. The Morgan fingerprint density at radius 2 is 1.87 bits per heavy atom. The minimum atomic E-state index is 1.15. The maximum absolute atomic E-state index is 3.29. The van der Waals surface area contributed by atoms with E-state index in [0.29, 0.717) is 0 Å². The van der Waals surface area contributed by atoms with Crippen molar-refractivity contribution in [3.63, 3.8) is 0 Å². The zero-order valence-electron chi connectivity index (χ0n) is 11.1. The summed E-state index contributed by atoms with van der Waals surface area (Å²) < 4.78 is 0. The lowest BCUT2D eigenvalue weighted by molar-refractivity contribution is 0.815. The van der Waals surface area contributed by atoms with Gasteiger partial charge < -0.3 is 5.32 Å². The predicted octanol–water partition coefficient (Wildman–Crippen LogP) is 3.45. The van der Waals surface area contributed by atoms with Crippen molar-refractivity contribution < 1.29 is 0 Å². The van der Waals surface area contributed by atoms with Crippen molar-refractivity contribution >= 4 is 7.28 Å². The van der Waals surface area contributed by atoms with Crippen LogP contribution < -0.4 is 5.32 Å². The Hall–Kier alpha value is -0.655. The van der Waals surface area contributed by atoms with Gasteiger partial charge in [0.15, 0.2) is 7.28 Å². The third-order valence-corrected chi connectivity index (χ3v) is 2.63. The van der Waals surface area contributed by atoms with Crippen molar-refractivity contribution in [3.8, 4) is 0 Å². The van der Waals surface area contributed by atoms with E-state index in [0.717, 1.165) is 6.42 Å². The molecule has 0 aliphatic carbocycles. The summed E-state index contributed by atoms with van der Waals surface area (Å²) in [7, 11) is 3.23. The number of hydrogen-bond acceptors (Lipinski definition) is 1. The summed E-state index contributed by atoms with van der Waals surface area (Å²) in [6.45, 7) is 8.89. The highest BCUT2D eigenvalue weighted by atomic mass is 14.8. The van der Waals surface area contributed by atoms with Crippen LogP contribution in [0, 0.1) is 0 Å². The van der Waals surface area contributed by atoms with Gasteiger partial charge >= 0.3 is 0 Å². The molecule has 0 aromatic carbocycles. The number of nitrogens with one attached hydrogen (secondary N) is 1. The van der Waals surface area contributed by atoms with Crippen LogP contribution >= 0.6 is 0 Å². The van der Waals surface area contributed by atoms with Gasteiger partial charge in [0.25, 0.3) is 0 Å². The van der Waals surface area contributed by atoms with Gasteiger partial charge in [0.1, 0.15) is 0 Å². The van der Waals surface area contributed by atoms with Crippen molar-refractivity contribution in [2.45, 2.75) is 53.3 Å². The van der Waals surface area contributed by atoms with Crippen LogP contribution in [-0.4, -0.2) is 14.3 Å². The van der Waals surface area contributed by atoms with Crippen molar-refractivity contribution in [1.29, 1.82) is 0 Å². The van der Waals surface area contributed by atoms with Crippen LogP contribution in [0.15, 0.2) is 22.8 Å². The molecule has 0 bridgehead atoms. The van der Waals surface area contributed by atoms with Crippen LogP contribution in [0.25, 0.3) is 0 Å². The van der Waals surface area contributed by atoms with Crippen molar-refractivity contribution in [1.82, 2.24) is 5.32 Å². The fourth-order valence-corrected chi connectivity index (χ4v) is 1.58. The van der Waals surface area contributed by atoms with Gasteiger partial charge in [0, 0.05) is 12.7 Å². The lowest BCUT2D eigenvalue weighted by atomic mass is 9.64. The second-order valence-electron chi connectivity index (χ2n) is 4.30. The molecule has 0 atom stereocenters. The van der Waals surface area contributed by atoms with E-state index in [9.17, 15) is 0 Å². The van der Waals surface area contributed by atoms with Gasteiger partial charge in [0.2, 0.25) is 0 Å². The summed E-state index contributed by atoms with van der Waals surface area (Å²) in [5, 5.41) is 3.29. The molecule has 0 radical (unpaired) electrons. The molecule has 2 heteroatoms. The second kappa shape index (κ2) is 8.64. The Morgan fingerprint density at radius 3 is 2.27 bits per heavy atom. The largest absolute Gasteiger partial charge is 0.391 e. The molecular weight excluding hydrogens is 181 g/mol. The molecule has 0 saturated heterocycles. The average Bonchev–Trinajstić information content (AvgIpc) is 2.22. The summed E-state index contributed by atoms with van der Waals surface area (Å²) >= 11 is 0. The van der Waals surface area contributed by atoms with Gasteiger partial charge in [-0.05, 0) is 26.3 Å². The molecule has 0 aromatic rings. The summed E-state index contributed by atoms with van der Waals surface area (Å²) in [5.74, 6) is 0. The maximum atomic E-state index is 3.29. The number of allylic oxidation sites excluding steroid dienone is 4. The lowest BCUT2D eigenvalue weighted by Crippen LogP contribution is -2.07. The van der Waals surface area contributed by atoms with E-state index in [4.69, 9.17) is 0 Å². The van der Waals surface area contributed by atoms with E-state index in [1.165, 1.54) is 43.2 Å². The SMILES string of the molecule is CCCBC(/C=C(/CCC)NC)=C(C)C. The summed E-state index contributed by atoms with van der Waals surface area (Å²) in [4.78, 5) is 0. The fourth-order valence-electron chi connectivity index (χ4n) is 1.58. The molecule has 0 fully saturated rings. The van der Waals surface area contributed by atoms with E-state index >= 15 is 0 Å². The molecule has 0 saturated carbocycles. The maximum Gasteiger partial charge on any atom is 0.157 e. The highest BCUT2D eigenvalue weighted by molar-refractivity contribution is 6.46. The Kier molecular flexibility index (Phi) is 8.26. The standard InChI is InChI=1S/C13H26BN/c1-6-8-12(15-5)10-13(11(3)4)14-9-7-2/h10,14-15H,6-9H2,1-5H3/b12-10-. The smallest absolute Gasteiger partial charge is 0.157 e. The molecule has 15 heavy (non-hydrogen) atoms. The van der Waals surface area contributed by atoms with Crippen molar-refractivity contribution in [2.75, 3.05) is 7.05 Å². The molecular formula is C13H26BN. The van der Waals surface area contributed by atoms with Crippen LogP contribution in [0.1, 0.15) is 47.0 Å². The van der Waals surface area contributed by atoms with E-state index in [1.807, 2.05) is 7.05 Å². The number of hydrogen-bond donors (Lipinski definition) is 1. The summed E-state index contributed by atoms with van der Waals surface area (Å²) in [6, 6.07) is 0. The van der Waals surface area contributed by atoms with E-state index in [-0.39, 0.29) is 0 Å². The molecule has 0 aromatic heterocycles. The zero-order chi connectivity index (χ0) is 11.7. The topological polar surface area (TPSA) is 12.0 Å². The third-order valence-electron chi connectivity index (χ3n) is 2.63. The summed E-state index contributed by atoms with van der Waals surface area (Å²) in [6.07, 6.45) is 7.26. The van der Waals surface area contributed by atoms with Crippen LogP contribution in [0.3, 0.4) is 0 Å². The van der Waals surface area contributed by atoms with Crippen molar-refractivity contribution in [3.05, 3.63) is 22.8 Å². The molecule has 0 aliphatic heterocycles. The molecule has 0 amide bonds. The predicted molar refractivity (Wildman–Crippen MR) is 72.7 cm³/mol. The lowest BCUT2D eigenvalue weighted by Gasteiger charge is -2.09. The quantitative estimate of drug-likeness (QED) is 0.498. The molecule has 1 nitrogen and oxygen atoms in total. The summed E-state index contributed by atoms with van der Waals surface area (Å²) in [5.41, 5.74) is 4.33. The molecule has 0 aliphatic rings. The fraction of sp³-hybridized carbons (Fsp3) is 0.692. The van der Waals surface area contributed by atoms with Crippen LogP contribution in [0.2, 0.25) is 6.32 Å². The van der Waals surface area contributed by atoms with Gasteiger partial charge in [-0.2, -0.15) is 0 Å². The van der Waals surface area contributed by atoms with Crippen LogP contribution in [-0.2, 0) is 0 Å². The minimum Gasteiger partial charge on any atom is -0.391 e. The number of rotatable bonds is 7. The van der Waals surface area contributed by atoms with E-state index in [1.54, 1.807) is 0 Å². The van der Waals surface area contributed by atoms with E-state index in [2.05, 4.69) is 39.1 Å².